The molecule has 0 aromatic heterocycles. The lowest BCUT2D eigenvalue weighted by Crippen LogP contribution is -2.25. The number of carbonyl (C=O) groups is 1. The molecule has 1 aromatic carbocycles. The molecule has 1 N–H and O–H groups in total. The van der Waals surface area contributed by atoms with E-state index in [2.05, 4.69) is 5.32 Å². The smallest absolute Gasteiger partial charge is 0.244 e. The van der Waals surface area contributed by atoms with E-state index in [0.717, 1.165) is 16.9 Å². The Bertz CT molecular complexity index is 420. The molecular weight excluding hydrogens is 214 g/mol. The minimum atomic E-state index is -0.0802. The van der Waals surface area contributed by atoms with Crippen molar-refractivity contribution in [1.29, 1.82) is 0 Å². The van der Waals surface area contributed by atoms with Crippen LogP contribution < -0.4 is 10.1 Å². The zero-order chi connectivity index (χ0) is 12.8. The summed E-state index contributed by atoms with van der Waals surface area (Å²) in [4.78, 5) is 11.6. The van der Waals surface area contributed by atoms with Crippen molar-refractivity contribution in [3.05, 3.63) is 41.5 Å². The van der Waals surface area contributed by atoms with Crippen molar-refractivity contribution in [2.24, 2.45) is 0 Å². The monoisotopic (exact) mass is 233 g/mol. The fourth-order valence-corrected chi connectivity index (χ4v) is 1.62. The van der Waals surface area contributed by atoms with Gasteiger partial charge in [0.1, 0.15) is 5.75 Å². The molecule has 92 valence electrons. The molecule has 0 spiro atoms. The SMILES string of the molecule is COc1ccccc1[C@@H](C)NC(=O)C=C(C)C. The second kappa shape index (κ2) is 6.09. The molecule has 1 rings (SSSR count). The van der Waals surface area contributed by atoms with Crippen molar-refractivity contribution in [3.63, 3.8) is 0 Å². The Morgan fingerprint density at radius 3 is 2.59 bits per heavy atom. The first-order chi connectivity index (χ1) is 8.04. The summed E-state index contributed by atoms with van der Waals surface area (Å²) in [6.07, 6.45) is 1.59. The van der Waals surface area contributed by atoms with Crippen molar-refractivity contribution in [3.8, 4) is 5.75 Å². The van der Waals surface area contributed by atoms with E-state index < -0.39 is 0 Å². The summed E-state index contributed by atoms with van der Waals surface area (Å²) < 4.78 is 5.26. The Balaban J connectivity index is 2.79. The lowest BCUT2D eigenvalue weighted by atomic mass is 10.1. The molecule has 0 unspecified atom stereocenters. The van der Waals surface area contributed by atoms with Crippen LogP contribution in [-0.2, 0) is 4.79 Å². The average molecular weight is 233 g/mol. The van der Waals surface area contributed by atoms with Gasteiger partial charge in [0.05, 0.1) is 13.2 Å². The number of carbonyl (C=O) groups excluding carboxylic acids is 1. The normalized spacial score (nSPS) is 11.5. The third-order valence-electron chi connectivity index (χ3n) is 2.38. The summed E-state index contributed by atoms with van der Waals surface area (Å²) in [6.45, 7) is 5.73. The van der Waals surface area contributed by atoms with Crippen LogP contribution in [0.3, 0.4) is 0 Å². The first-order valence-corrected chi connectivity index (χ1v) is 5.63. The topological polar surface area (TPSA) is 38.3 Å². The van der Waals surface area contributed by atoms with Crippen molar-refractivity contribution in [2.75, 3.05) is 7.11 Å². The molecule has 0 saturated carbocycles. The highest BCUT2D eigenvalue weighted by molar-refractivity contribution is 5.88. The zero-order valence-corrected chi connectivity index (χ0v) is 10.8. The molecular formula is C14H19NO2. The van der Waals surface area contributed by atoms with Gasteiger partial charge in [-0.05, 0) is 26.8 Å². The number of methoxy groups -OCH3 is 1. The predicted octanol–water partition coefficient (Wildman–Crippen LogP) is 2.84. The Labute approximate surface area is 102 Å². The summed E-state index contributed by atoms with van der Waals surface area (Å²) in [5, 5.41) is 2.91. The molecule has 1 atom stereocenters. The number of amides is 1. The highest BCUT2D eigenvalue weighted by atomic mass is 16.5. The fourth-order valence-electron chi connectivity index (χ4n) is 1.62. The number of para-hydroxylation sites is 1. The first kappa shape index (κ1) is 13.3. The molecule has 0 aliphatic rings. The Kier molecular flexibility index (Phi) is 4.76. The van der Waals surface area contributed by atoms with Gasteiger partial charge in [-0.3, -0.25) is 4.79 Å². The van der Waals surface area contributed by atoms with Gasteiger partial charge in [0.2, 0.25) is 5.91 Å². The second-order valence-corrected chi connectivity index (χ2v) is 4.19. The van der Waals surface area contributed by atoms with Crippen LogP contribution in [0.15, 0.2) is 35.9 Å². The number of hydrogen-bond acceptors (Lipinski definition) is 2. The fraction of sp³-hybridized carbons (Fsp3) is 0.357. The van der Waals surface area contributed by atoms with Crippen LogP contribution in [-0.4, -0.2) is 13.0 Å². The number of allylic oxidation sites excluding steroid dienone is 1. The molecule has 3 nitrogen and oxygen atoms in total. The Morgan fingerprint density at radius 2 is 2.00 bits per heavy atom. The average Bonchev–Trinajstić information content (AvgIpc) is 2.27. The van der Waals surface area contributed by atoms with Crippen molar-refractivity contribution in [2.45, 2.75) is 26.8 Å². The maximum absolute atomic E-state index is 11.6. The predicted molar refractivity (Wildman–Crippen MR) is 69.0 cm³/mol. The molecule has 0 bridgehead atoms. The molecule has 0 aliphatic heterocycles. The summed E-state index contributed by atoms with van der Waals surface area (Å²) in [7, 11) is 1.63. The van der Waals surface area contributed by atoms with E-state index in [-0.39, 0.29) is 11.9 Å². The highest BCUT2D eigenvalue weighted by Gasteiger charge is 2.11. The van der Waals surface area contributed by atoms with E-state index in [1.54, 1.807) is 13.2 Å². The van der Waals surface area contributed by atoms with E-state index in [9.17, 15) is 4.79 Å². The van der Waals surface area contributed by atoms with Crippen molar-refractivity contribution in [1.82, 2.24) is 5.32 Å². The van der Waals surface area contributed by atoms with Gasteiger partial charge in [-0.2, -0.15) is 0 Å². The lowest BCUT2D eigenvalue weighted by molar-refractivity contribution is -0.117. The van der Waals surface area contributed by atoms with Gasteiger partial charge >= 0.3 is 0 Å². The van der Waals surface area contributed by atoms with Gasteiger partial charge in [-0.1, -0.05) is 23.8 Å². The van der Waals surface area contributed by atoms with Crippen LogP contribution in [0, 0.1) is 0 Å². The number of ether oxygens (including phenoxy) is 1. The minimum Gasteiger partial charge on any atom is -0.496 e. The van der Waals surface area contributed by atoms with Gasteiger partial charge in [0, 0.05) is 11.6 Å². The number of hydrogen-bond donors (Lipinski definition) is 1. The summed E-state index contributed by atoms with van der Waals surface area (Å²) in [5.41, 5.74) is 1.96. The summed E-state index contributed by atoms with van der Waals surface area (Å²) >= 11 is 0. The molecule has 0 heterocycles. The third kappa shape index (κ3) is 3.94. The van der Waals surface area contributed by atoms with Gasteiger partial charge in [-0.15, -0.1) is 0 Å². The van der Waals surface area contributed by atoms with Crippen LogP contribution in [0.2, 0.25) is 0 Å². The maximum Gasteiger partial charge on any atom is 0.244 e. The standard InChI is InChI=1S/C14H19NO2/c1-10(2)9-14(16)15-11(3)12-7-5-6-8-13(12)17-4/h5-9,11H,1-4H3,(H,15,16)/t11-/m1/s1. The van der Waals surface area contributed by atoms with E-state index in [0.29, 0.717) is 0 Å². The first-order valence-electron chi connectivity index (χ1n) is 5.63. The third-order valence-corrected chi connectivity index (χ3v) is 2.38. The van der Waals surface area contributed by atoms with Gasteiger partial charge in [0.15, 0.2) is 0 Å². The lowest BCUT2D eigenvalue weighted by Gasteiger charge is -2.16. The molecule has 0 aliphatic carbocycles. The van der Waals surface area contributed by atoms with E-state index in [4.69, 9.17) is 4.74 Å². The van der Waals surface area contributed by atoms with E-state index in [1.807, 2.05) is 45.0 Å². The van der Waals surface area contributed by atoms with E-state index >= 15 is 0 Å². The summed E-state index contributed by atoms with van der Waals surface area (Å²) in [5.74, 6) is 0.709. The second-order valence-electron chi connectivity index (χ2n) is 4.19. The van der Waals surface area contributed by atoms with E-state index in [1.165, 1.54) is 0 Å². The van der Waals surface area contributed by atoms with Gasteiger partial charge in [0.25, 0.3) is 0 Å². The van der Waals surface area contributed by atoms with Gasteiger partial charge in [-0.25, -0.2) is 0 Å². The number of benzene rings is 1. The van der Waals surface area contributed by atoms with Crippen molar-refractivity contribution < 1.29 is 9.53 Å². The van der Waals surface area contributed by atoms with Gasteiger partial charge < -0.3 is 10.1 Å². The molecule has 17 heavy (non-hydrogen) atoms. The molecule has 1 amide bonds. The quantitative estimate of drug-likeness (QED) is 0.812. The summed E-state index contributed by atoms with van der Waals surface area (Å²) in [6, 6.07) is 7.61. The van der Waals surface area contributed by atoms with Crippen LogP contribution in [0.25, 0.3) is 0 Å². The van der Waals surface area contributed by atoms with Crippen LogP contribution >= 0.6 is 0 Å². The minimum absolute atomic E-state index is 0.0748. The zero-order valence-electron chi connectivity index (χ0n) is 10.8. The number of rotatable bonds is 4. The molecule has 1 aromatic rings. The number of nitrogens with one attached hydrogen (secondary N) is 1. The molecule has 3 heteroatoms. The van der Waals surface area contributed by atoms with Crippen LogP contribution in [0.4, 0.5) is 0 Å². The largest absolute Gasteiger partial charge is 0.496 e. The van der Waals surface area contributed by atoms with Crippen LogP contribution in [0.1, 0.15) is 32.4 Å². The highest BCUT2D eigenvalue weighted by Crippen LogP contribution is 2.24. The van der Waals surface area contributed by atoms with Crippen LogP contribution in [0.5, 0.6) is 5.75 Å². The van der Waals surface area contributed by atoms with Crippen molar-refractivity contribution >= 4 is 5.91 Å². The molecule has 0 radical (unpaired) electrons. The molecule has 0 saturated heterocycles. The Morgan fingerprint density at radius 1 is 1.35 bits per heavy atom. The Hall–Kier alpha value is -1.77. The molecule has 0 fully saturated rings. The maximum atomic E-state index is 11.6.